The second-order valence-electron chi connectivity index (χ2n) is 8.40. The van der Waals surface area contributed by atoms with Crippen molar-refractivity contribution in [3.8, 4) is 12.3 Å². The molecular weight excluding hydrogens is 284 g/mol. The van der Waals surface area contributed by atoms with E-state index in [-0.39, 0.29) is 5.41 Å². The zero-order chi connectivity index (χ0) is 16.2. The van der Waals surface area contributed by atoms with Crippen LogP contribution >= 0.6 is 0 Å². The van der Waals surface area contributed by atoms with Crippen LogP contribution in [0.3, 0.4) is 0 Å². The van der Waals surface area contributed by atoms with Crippen LogP contribution in [0.5, 0.6) is 0 Å². The highest BCUT2D eigenvalue weighted by Gasteiger charge is 2.63. The Hall–Kier alpha value is -1.07. The first kappa shape index (κ1) is 15.5. The first-order valence-corrected chi connectivity index (χ1v) is 9.48. The van der Waals surface area contributed by atoms with E-state index in [1.165, 1.54) is 18.4 Å². The standard InChI is InChI=1S/C21H28O2/c1-3-20-11-9-17-16-8-6-15(22)13-14(16)5-7-18(17)19(20)10-12-21(20,23)4-2/h2,13,16-19,23H,3,5-12H2,1H3/t16-,17+,18+,19?,20-,21-/m0/s1. The van der Waals surface area contributed by atoms with Gasteiger partial charge in [0, 0.05) is 11.8 Å². The molecule has 0 aliphatic heterocycles. The molecule has 0 aromatic heterocycles. The maximum atomic E-state index is 11.8. The fraction of sp³-hybridized carbons (Fsp3) is 0.762. The minimum absolute atomic E-state index is 0.0609. The smallest absolute Gasteiger partial charge is 0.155 e. The fourth-order valence-electron chi connectivity index (χ4n) is 6.96. The van der Waals surface area contributed by atoms with E-state index in [0.29, 0.717) is 29.5 Å². The minimum atomic E-state index is -0.893. The lowest BCUT2D eigenvalue weighted by Gasteiger charge is -2.55. The van der Waals surface area contributed by atoms with Crippen molar-refractivity contribution in [3.63, 3.8) is 0 Å². The topological polar surface area (TPSA) is 37.3 Å². The van der Waals surface area contributed by atoms with Crippen LogP contribution in [0.2, 0.25) is 0 Å². The third-order valence-corrected chi connectivity index (χ3v) is 8.02. The maximum absolute atomic E-state index is 11.8. The molecular formula is C21H28O2. The molecule has 1 unspecified atom stereocenters. The summed E-state index contributed by atoms with van der Waals surface area (Å²) in [6, 6.07) is 0. The monoisotopic (exact) mass is 312 g/mol. The predicted octanol–water partition coefficient (Wildman–Crippen LogP) is 3.88. The van der Waals surface area contributed by atoms with Gasteiger partial charge in [-0.25, -0.2) is 0 Å². The fourth-order valence-corrected chi connectivity index (χ4v) is 6.96. The van der Waals surface area contributed by atoms with Gasteiger partial charge in [0.15, 0.2) is 5.78 Å². The second-order valence-corrected chi connectivity index (χ2v) is 8.40. The summed E-state index contributed by atoms with van der Waals surface area (Å²) in [6.07, 6.45) is 16.9. The summed E-state index contributed by atoms with van der Waals surface area (Å²) in [7, 11) is 0. The second kappa shape index (κ2) is 5.21. The van der Waals surface area contributed by atoms with E-state index in [4.69, 9.17) is 6.42 Å². The van der Waals surface area contributed by atoms with Gasteiger partial charge in [0.25, 0.3) is 0 Å². The van der Waals surface area contributed by atoms with Crippen LogP contribution in [0, 0.1) is 41.4 Å². The first-order chi connectivity index (χ1) is 11.0. The van der Waals surface area contributed by atoms with E-state index in [1.807, 2.05) is 6.08 Å². The minimum Gasteiger partial charge on any atom is -0.377 e. The Morgan fingerprint density at radius 3 is 2.78 bits per heavy atom. The highest BCUT2D eigenvalue weighted by molar-refractivity contribution is 5.91. The Balaban J connectivity index is 1.67. The largest absolute Gasteiger partial charge is 0.377 e. The van der Waals surface area contributed by atoms with Crippen LogP contribution in [-0.2, 0) is 4.79 Å². The van der Waals surface area contributed by atoms with E-state index in [1.54, 1.807) is 0 Å². The molecule has 0 bridgehead atoms. The zero-order valence-electron chi connectivity index (χ0n) is 14.2. The first-order valence-electron chi connectivity index (χ1n) is 9.48. The third-order valence-electron chi connectivity index (χ3n) is 8.02. The molecule has 4 aliphatic carbocycles. The van der Waals surface area contributed by atoms with Crippen molar-refractivity contribution in [2.24, 2.45) is 29.1 Å². The van der Waals surface area contributed by atoms with Gasteiger partial charge in [-0.3, -0.25) is 4.79 Å². The van der Waals surface area contributed by atoms with Gasteiger partial charge in [-0.1, -0.05) is 18.4 Å². The quantitative estimate of drug-likeness (QED) is 0.746. The van der Waals surface area contributed by atoms with Crippen molar-refractivity contribution >= 4 is 5.78 Å². The molecule has 0 aromatic carbocycles. The van der Waals surface area contributed by atoms with E-state index in [9.17, 15) is 9.90 Å². The number of carbonyl (C=O) groups excluding carboxylic acids is 1. The summed E-state index contributed by atoms with van der Waals surface area (Å²) in [5.74, 6) is 5.73. The lowest BCUT2D eigenvalue weighted by atomic mass is 9.49. The third kappa shape index (κ3) is 1.96. The number of aliphatic hydroxyl groups is 1. The zero-order valence-corrected chi connectivity index (χ0v) is 14.2. The molecule has 124 valence electrons. The van der Waals surface area contributed by atoms with Gasteiger partial charge < -0.3 is 5.11 Å². The molecule has 3 fully saturated rings. The summed E-state index contributed by atoms with van der Waals surface area (Å²) in [4.78, 5) is 11.8. The lowest BCUT2D eigenvalue weighted by molar-refractivity contribution is -0.117. The molecule has 23 heavy (non-hydrogen) atoms. The summed E-state index contributed by atoms with van der Waals surface area (Å²) in [5, 5.41) is 11.1. The Kier molecular flexibility index (Phi) is 3.50. The van der Waals surface area contributed by atoms with Gasteiger partial charge >= 0.3 is 0 Å². The molecule has 0 spiro atoms. The number of ketones is 1. The molecule has 0 amide bonds. The van der Waals surface area contributed by atoms with Crippen LogP contribution in [0.15, 0.2) is 11.6 Å². The summed E-state index contributed by atoms with van der Waals surface area (Å²) in [5.41, 5.74) is 0.474. The molecule has 2 nitrogen and oxygen atoms in total. The normalized spacial score (nSPS) is 48.7. The van der Waals surface area contributed by atoms with Crippen molar-refractivity contribution in [3.05, 3.63) is 11.6 Å². The Morgan fingerprint density at radius 2 is 2.04 bits per heavy atom. The Labute approximate surface area is 139 Å². The van der Waals surface area contributed by atoms with Crippen molar-refractivity contribution < 1.29 is 9.90 Å². The van der Waals surface area contributed by atoms with E-state index >= 15 is 0 Å². The molecule has 2 heteroatoms. The molecule has 0 heterocycles. The van der Waals surface area contributed by atoms with Gasteiger partial charge in [-0.15, -0.1) is 6.42 Å². The number of hydrogen-bond acceptors (Lipinski definition) is 2. The highest BCUT2D eigenvalue weighted by Crippen LogP contribution is 2.66. The number of hydrogen-bond donors (Lipinski definition) is 1. The molecule has 4 rings (SSSR count). The molecule has 0 saturated heterocycles. The van der Waals surface area contributed by atoms with Gasteiger partial charge in [0.05, 0.1) is 0 Å². The Bertz CT molecular complexity index is 597. The average Bonchev–Trinajstić information content (AvgIpc) is 2.88. The summed E-state index contributed by atoms with van der Waals surface area (Å²) in [6.45, 7) is 2.22. The lowest BCUT2D eigenvalue weighted by Crippen LogP contribution is -2.53. The Morgan fingerprint density at radius 1 is 1.22 bits per heavy atom. The van der Waals surface area contributed by atoms with Gasteiger partial charge in [0.2, 0.25) is 0 Å². The number of carbonyl (C=O) groups is 1. The molecule has 0 radical (unpaired) electrons. The van der Waals surface area contributed by atoms with E-state index in [0.717, 1.165) is 44.9 Å². The molecule has 6 atom stereocenters. The molecule has 4 aliphatic rings. The van der Waals surface area contributed by atoms with Crippen molar-refractivity contribution in [1.29, 1.82) is 0 Å². The van der Waals surface area contributed by atoms with E-state index < -0.39 is 5.60 Å². The van der Waals surface area contributed by atoms with Crippen LogP contribution in [-0.4, -0.2) is 16.5 Å². The van der Waals surface area contributed by atoms with E-state index in [2.05, 4.69) is 12.8 Å². The van der Waals surface area contributed by atoms with Gasteiger partial charge in [-0.2, -0.15) is 0 Å². The predicted molar refractivity (Wildman–Crippen MR) is 90.5 cm³/mol. The number of terminal acetylenes is 1. The van der Waals surface area contributed by atoms with Gasteiger partial charge in [0.1, 0.15) is 5.60 Å². The van der Waals surface area contributed by atoms with Crippen LogP contribution in [0.4, 0.5) is 0 Å². The number of fused-ring (bicyclic) bond motifs is 5. The maximum Gasteiger partial charge on any atom is 0.155 e. The molecule has 1 N–H and O–H groups in total. The summed E-state index contributed by atoms with van der Waals surface area (Å²) < 4.78 is 0. The van der Waals surface area contributed by atoms with Crippen LogP contribution < -0.4 is 0 Å². The molecule has 3 saturated carbocycles. The number of allylic oxidation sites excluding steroid dienone is 1. The SMILES string of the molecule is C#C[C@]1(O)CCC2[C@@H]3CCC4=CC(=O)CC[C@@H]4[C@H]3CC[C@@]21CC. The number of rotatable bonds is 1. The van der Waals surface area contributed by atoms with Crippen LogP contribution in [0.1, 0.15) is 64.7 Å². The van der Waals surface area contributed by atoms with Crippen molar-refractivity contribution in [2.45, 2.75) is 70.3 Å². The van der Waals surface area contributed by atoms with Gasteiger partial charge in [-0.05, 0) is 81.1 Å². The van der Waals surface area contributed by atoms with Crippen molar-refractivity contribution in [2.75, 3.05) is 0 Å². The van der Waals surface area contributed by atoms with Crippen molar-refractivity contribution in [1.82, 2.24) is 0 Å². The highest BCUT2D eigenvalue weighted by atomic mass is 16.3. The summed E-state index contributed by atoms with van der Waals surface area (Å²) >= 11 is 0. The average molecular weight is 312 g/mol. The molecule has 0 aromatic rings. The van der Waals surface area contributed by atoms with Crippen LogP contribution in [0.25, 0.3) is 0 Å².